The zero-order chi connectivity index (χ0) is 20.9. The van der Waals surface area contributed by atoms with E-state index < -0.39 is 0 Å². The van der Waals surface area contributed by atoms with E-state index in [-0.39, 0.29) is 11.5 Å². The minimum atomic E-state index is -0.337. The van der Waals surface area contributed by atoms with Crippen molar-refractivity contribution >= 4 is 39.6 Å². The minimum Gasteiger partial charge on any atom is -0.465 e. The monoisotopic (exact) mass is 440 g/mol. The van der Waals surface area contributed by atoms with E-state index in [1.807, 2.05) is 24.3 Å². The van der Waals surface area contributed by atoms with Gasteiger partial charge in [-0.1, -0.05) is 30.3 Å². The molecule has 4 nitrogen and oxygen atoms in total. The SMILES string of the molecule is COC(=O)c1cc(-c2ccccc2)sc1NC(=S)N(C)C12CC3CC(CC(C3)C1)C2. The van der Waals surface area contributed by atoms with Crippen LogP contribution >= 0.6 is 23.6 Å². The highest BCUT2D eigenvalue weighted by atomic mass is 32.1. The molecule has 0 aliphatic heterocycles. The zero-order valence-corrected chi connectivity index (χ0v) is 19.2. The maximum absolute atomic E-state index is 12.4. The van der Waals surface area contributed by atoms with Gasteiger partial charge in [0.2, 0.25) is 0 Å². The molecule has 0 saturated heterocycles. The minimum absolute atomic E-state index is 0.184. The van der Waals surface area contributed by atoms with E-state index in [0.29, 0.717) is 10.7 Å². The van der Waals surface area contributed by atoms with Gasteiger partial charge in [-0.3, -0.25) is 0 Å². The Morgan fingerprint density at radius 2 is 1.73 bits per heavy atom. The quantitative estimate of drug-likeness (QED) is 0.481. The number of nitrogens with zero attached hydrogens (tertiary/aromatic N) is 1. The summed E-state index contributed by atoms with van der Waals surface area (Å²) in [6, 6.07) is 12.0. The number of carbonyl (C=O) groups is 1. The molecule has 1 aromatic heterocycles. The predicted molar refractivity (Wildman–Crippen MR) is 126 cm³/mol. The maximum atomic E-state index is 12.4. The average Bonchev–Trinajstić information content (AvgIpc) is 3.16. The van der Waals surface area contributed by atoms with Crippen LogP contribution in [0, 0.1) is 17.8 Å². The van der Waals surface area contributed by atoms with Gasteiger partial charge in [-0.25, -0.2) is 4.79 Å². The van der Waals surface area contributed by atoms with Crippen molar-refractivity contribution in [2.75, 3.05) is 19.5 Å². The predicted octanol–water partition coefficient (Wildman–Crippen LogP) is 5.80. The molecule has 0 atom stereocenters. The lowest BCUT2D eigenvalue weighted by atomic mass is 9.52. The summed E-state index contributed by atoms with van der Waals surface area (Å²) in [5.74, 6) is 2.24. The summed E-state index contributed by atoms with van der Waals surface area (Å²) in [5, 5.41) is 4.89. The van der Waals surface area contributed by atoms with Crippen molar-refractivity contribution in [1.29, 1.82) is 0 Å². The first-order valence-corrected chi connectivity index (χ1v) is 12.0. The third-order valence-corrected chi connectivity index (χ3v) is 8.91. The maximum Gasteiger partial charge on any atom is 0.340 e. The molecule has 1 heterocycles. The number of esters is 1. The molecule has 6 rings (SSSR count). The highest BCUT2D eigenvalue weighted by molar-refractivity contribution is 7.80. The van der Waals surface area contributed by atoms with Crippen LogP contribution in [0.25, 0.3) is 10.4 Å². The van der Waals surface area contributed by atoms with Gasteiger partial charge in [0, 0.05) is 17.5 Å². The number of anilines is 1. The molecule has 6 heteroatoms. The van der Waals surface area contributed by atoms with Gasteiger partial charge in [-0.15, -0.1) is 11.3 Å². The highest BCUT2D eigenvalue weighted by Crippen LogP contribution is 2.57. The van der Waals surface area contributed by atoms with Gasteiger partial charge in [0.05, 0.1) is 12.7 Å². The Balaban J connectivity index is 1.40. The molecule has 158 valence electrons. The van der Waals surface area contributed by atoms with Gasteiger partial charge in [0.1, 0.15) is 5.00 Å². The lowest BCUT2D eigenvalue weighted by Crippen LogP contribution is -2.60. The largest absolute Gasteiger partial charge is 0.465 e. The molecule has 30 heavy (non-hydrogen) atoms. The van der Waals surface area contributed by atoms with Crippen molar-refractivity contribution in [2.24, 2.45) is 17.8 Å². The summed E-state index contributed by atoms with van der Waals surface area (Å²) in [7, 11) is 3.57. The molecule has 4 bridgehead atoms. The van der Waals surface area contributed by atoms with Crippen LogP contribution < -0.4 is 5.32 Å². The van der Waals surface area contributed by atoms with Crippen LogP contribution in [0.5, 0.6) is 0 Å². The van der Waals surface area contributed by atoms with Crippen LogP contribution in [0.2, 0.25) is 0 Å². The van der Waals surface area contributed by atoms with E-state index >= 15 is 0 Å². The smallest absolute Gasteiger partial charge is 0.340 e. The average molecular weight is 441 g/mol. The summed E-state index contributed by atoms with van der Waals surface area (Å²) < 4.78 is 5.04. The van der Waals surface area contributed by atoms with Crippen LogP contribution in [0.15, 0.2) is 36.4 Å². The number of thiophene rings is 1. The van der Waals surface area contributed by atoms with Crippen molar-refractivity contribution in [3.63, 3.8) is 0 Å². The fraction of sp³-hybridized carbons (Fsp3) is 0.500. The van der Waals surface area contributed by atoms with Crippen molar-refractivity contribution in [3.8, 4) is 10.4 Å². The third kappa shape index (κ3) is 3.44. The van der Waals surface area contributed by atoms with Gasteiger partial charge in [-0.2, -0.15) is 0 Å². The van der Waals surface area contributed by atoms with Crippen LogP contribution in [0.4, 0.5) is 5.00 Å². The Morgan fingerprint density at radius 1 is 1.13 bits per heavy atom. The van der Waals surface area contributed by atoms with Gasteiger partial charge >= 0.3 is 5.97 Å². The second-order valence-corrected chi connectivity index (χ2v) is 10.8. The molecular formula is C24H28N2O2S2. The van der Waals surface area contributed by atoms with Crippen LogP contribution in [0.3, 0.4) is 0 Å². The molecule has 0 spiro atoms. The summed E-state index contributed by atoms with van der Waals surface area (Å²) in [6.07, 6.45) is 7.98. The molecule has 4 saturated carbocycles. The lowest BCUT2D eigenvalue weighted by molar-refractivity contribution is -0.0538. The summed E-state index contributed by atoms with van der Waals surface area (Å²) >= 11 is 7.42. The molecule has 0 radical (unpaired) electrons. The molecule has 0 amide bonds. The van der Waals surface area contributed by atoms with Crippen molar-refractivity contribution < 1.29 is 9.53 Å². The fourth-order valence-corrected chi connectivity index (χ4v) is 7.77. The number of thiocarbonyl (C=S) groups is 1. The fourth-order valence-electron chi connectivity index (χ4n) is 6.36. The molecule has 1 aromatic carbocycles. The first kappa shape index (κ1) is 20.0. The molecule has 2 aromatic rings. The van der Waals surface area contributed by atoms with Gasteiger partial charge < -0.3 is 15.0 Å². The van der Waals surface area contributed by atoms with Gasteiger partial charge in [0.15, 0.2) is 5.11 Å². The second-order valence-electron chi connectivity index (χ2n) is 9.34. The molecule has 1 N–H and O–H groups in total. The Labute approximate surface area is 187 Å². The first-order valence-electron chi connectivity index (χ1n) is 10.8. The first-order chi connectivity index (χ1) is 14.5. The lowest BCUT2D eigenvalue weighted by Gasteiger charge is -2.60. The normalized spacial score (nSPS) is 28.9. The Bertz CT molecular complexity index is 934. The summed E-state index contributed by atoms with van der Waals surface area (Å²) in [5.41, 5.74) is 1.81. The van der Waals surface area contributed by atoms with Crippen molar-refractivity contribution in [3.05, 3.63) is 42.0 Å². The van der Waals surface area contributed by atoms with Crippen LogP contribution in [-0.4, -0.2) is 35.7 Å². The summed E-state index contributed by atoms with van der Waals surface area (Å²) in [6.45, 7) is 0. The number of carbonyl (C=O) groups excluding carboxylic acids is 1. The Morgan fingerprint density at radius 3 is 2.30 bits per heavy atom. The van der Waals surface area contributed by atoms with Crippen LogP contribution in [0.1, 0.15) is 48.9 Å². The van der Waals surface area contributed by atoms with E-state index in [1.165, 1.54) is 45.6 Å². The number of methoxy groups -OCH3 is 1. The van der Waals surface area contributed by atoms with E-state index in [1.54, 1.807) is 11.3 Å². The zero-order valence-electron chi connectivity index (χ0n) is 17.5. The van der Waals surface area contributed by atoms with Crippen molar-refractivity contribution in [2.45, 2.75) is 44.1 Å². The van der Waals surface area contributed by atoms with Gasteiger partial charge in [-0.05, 0) is 80.1 Å². The molecule has 0 unspecified atom stereocenters. The van der Waals surface area contributed by atoms with E-state index in [2.05, 4.69) is 29.4 Å². The third-order valence-electron chi connectivity index (χ3n) is 7.44. The standard InChI is InChI=1S/C24H28N2O2S2/c1-26(24-12-15-8-16(13-24)10-17(9-15)14-24)23(29)25-21-19(22(27)28-2)11-20(30-21)18-6-4-3-5-7-18/h3-7,11,15-17H,8-10,12-14H2,1-2H3,(H,25,29). The van der Waals surface area contributed by atoms with E-state index in [9.17, 15) is 4.79 Å². The number of hydrogen-bond donors (Lipinski definition) is 1. The number of nitrogens with one attached hydrogen (secondary N) is 1. The molecular weight excluding hydrogens is 412 g/mol. The number of ether oxygens (including phenoxy) is 1. The number of benzene rings is 1. The molecule has 4 fully saturated rings. The van der Waals surface area contributed by atoms with Gasteiger partial charge in [0.25, 0.3) is 0 Å². The van der Waals surface area contributed by atoms with E-state index in [0.717, 1.165) is 33.2 Å². The van der Waals surface area contributed by atoms with E-state index in [4.69, 9.17) is 17.0 Å². The second kappa shape index (κ2) is 7.65. The molecule has 4 aliphatic carbocycles. The Hall–Kier alpha value is -1.92. The topological polar surface area (TPSA) is 41.6 Å². The number of hydrogen-bond acceptors (Lipinski definition) is 4. The van der Waals surface area contributed by atoms with Crippen molar-refractivity contribution in [1.82, 2.24) is 4.90 Å². The molecule has 4 aliphatic rings. The summed E-state index contributed by atoms with van der Waals surface area (Å²) in [4.78, 5) is 15.8. The highest BCUT2D eigenvalue weighted by Gasteiger charge is 2.53. The van der Waals surface area contributed by atoms with Crippen LogP contribution in [-0.2, 0) is 4.74 Å². The Kier molecular flexibility index (Phi) is 5.10. The number of rotatable bonds is 4.